The predicted octanol–water partition coefficient (Wildman–Crippen LogP) is 1.19. The summed E-state index contributed by atoms with van der Waals surface area (Å²) < 4.78 is 25.5. The van der Waals surface area contributed by atoms with Crippen molar-refractivity contribution >= 4 is 5.69 Å². The van der Waals surface area contributed by atoms with Gasteiger partial charge in [0.1, 0.15) is 6.54 Å². The standard InChI is InChI=1S/C9H9F2N5/c10-8(11)5-16-9(13-14-15-16)6-2-1-3-7(12)4-6/h1-4,8H,5,12H2. The van der Waals surface area contributed by atoms with E-state index in [2.05, 4.69) is 15.5 Å². The molecule has 2 N–H and O–H groups in total. The maximum absolute atomic E-state index is 12.2. The fraction of sp³-hybridized carbons (Fsp3) is 0.222. The third-order valence-electron chi connectivity index (χ3n) is 1.99. The lowest BCUT2D eigenvalue weighted by Gasteiger charge is -2.04. The van der Waals surface area contributed by atoms with Crippen molar-refractivity contribution < 1.29 is 8.78 Å². The lowest BCUT2D eigenvalue weighted by atomic mass is 10.2. The first-order valence-corrected chi connectivity index (χ1v) is 4.57. The highest BCUT2D eigenvalue weighted by molar-refractivity contribution is 5.60. The Morgan fingerprint density at radius 1 is 1.38 bits per heavy atom. The van der Waals surface area contributed by atoms with Crippen LogP contribution in [0.25, 0.3) is 11.4 Å². The lowest BCUT2D eigenvalue weighted by molar-refractivity contribution is 0.121. The van der Waals surface area contributed by atoms with E-state index in [0.29, 0.717) is 11.3 Å². The summed E-state index contributed by atoms with van der Waals surface area (Å²) in [5, 5.41) is 10.6. The van der Waals surface area contributed by atoms with Gasteiger partial charge < -0.3 is 5.73 Å². The summed E-state index contributed by atoms with van der Waals surface area (Å²) in [6, 6.07) is 6.76. The van der Waals surface area contributed by atoms with E-state index in [9.17, 15) is 8.78 Å². The van der Waals surface area contributed by atoms with Gasteiger partial charge in [-0.25, -0.2) is 13.5 Å². The number of nitrogen functional groups attached to an aromatic ring is 1. The Labute approximate surface area is 89.9 Å². The van der Waals surface area contributed by atoms with Crippen LogP contribution in [-0.4, -0.2) is 26.6 Å². The van der Waals surface area contributed by atoms with Crippen LogP contribution in [0.15, 0.2) is 24.3 Å². The summed E-state index contributed by atoms with van der Waals surface area (Å²) in [4.78, 5) is 0. The molecule has 5 nitrogen and oxygen atoms in total. The van der Waals surface area contributed by atoms with Crippen molar-refractivity contribution in [1.29, 1.82) is 0 Å². The SMILES string of the molecule is Nc1cccc(-c2nnnn2CC(F)F)c1. The van der Waals surface area contributed by atoms with Gasteiger partial charge in [0.05, 0.1) is 0 Å². The van der Waals surface area contributed by atoms with Crippen molar-refractivity contribution in [3.8, 4) is 11.4 Å². The van der Waals surface area contributed by atoms with Gasteiger partial charge in [-0.1, -0.05) is 12.1 Å². The third-order valence-corrected chi connectivity index (χ3v) is 1.99. The van der Waals surface area contributed by atoms with Crippen LogP contribution in [0, 0.1) is 0 Å². The van der Waals surface area contributed by atoms with Crippen molar-refractivity contribution in [3.05, 3.63) is 24.3 Å². The van der Waals surface area contributed by atoms with Crippen LogP contribution in [0.4, 0.5) is 14.5 Å². The van der Waals surface area contributed by atoms with Crippen LogP contribution < -0.4 is 5.73 Å². The molecule has 1 aromatic carbocycles. The number of alkyl halides is 2. The van der Waals surface area contributed by atoms with E-state index >= 15 is 0 Å². The number of nitrogens with zero attached hydrogens (tertiary/aromatic N) is 4. The van der Waals surface area contributed by atoms with Crippen LogP contribution in [0.1, 0.15) is 0 Å². The summed E-state index contributed by atoms with van der Waals surface area (Å²) in [5.41, 5.74) is 6.74. The molecule has 0 bridgehead atoms. The number of hydrogen-bond acceptors (Lipinski definition) is 4. The van der Waals surface area contributed by atoms with Crippen molar-refractivity contribution in [2.45, 2.75) is 13.0 Å². The Hall–Kier alpha value is -2.05. The second-order valence-corrected chi connectivity index (χ2v) is 3.20. The molecule has 0 unspecified atom stereocenters. The van der Waals surface area contributed by atoms with Gasteiger partial charge in [-0.15, -0.1) is 5.10 Å². The predicted molar refractivity (Wildman–Crippen MR) is 53.7 cm³/mol. The Bertz CT molecular complexity index is 482. The molecule has 0 spiro atoms. The van der Waals surface area contributed by atoms with Crippen LogP contribution in [0.2, 0.25) is 0 Å². The molecule has 0 amide bonds. The van der Waals surface area contributed by atoms with Crippen LogP contribution in [0.3, 0.4) is 0 Å². The van der Waals surface area contributed by atoms with Crippen LogP contribution in [-0.2, 0) is 6.54 Å². The molecular weight excluding hydrogens is 216 g/mol. The minimum atomic E-state index is -2.50. The lowest BCUT2D eigenvalue weighted by Crippen LogP contribution is -2.09. The van der Waals surface area contributed by atoms with E-state index < -0.39 is 13.0 Å². The summed E-state index contributed by atoms with van der Waals surface area (Å²) in [6.07, 6.45) is -2.50. The highest BCUT2D eigenvalue weighted by Crippen LogP contribution is 2.18. The monoisotopic (exact) mass is 225 g/mol. The Balaban J connectivity index is 2.37. The summed E-state index contributed by atoms with van der Waals surface area (Å²) >= 11 is 0. The molecule has 16 heavy (non-hydrogen) atoms. The Kier molecular flexibility index (Phi) is 2.76. The highest BCUT2D eigenvalue weighted by Gasteiger charge is 2.12. The maximum atomic E-state index is 12.2. The van der Waals surface area contributed by atoms with Gasteiger partial charge >= 0.3 is 0 Å². The van der Waals surface area contributed by atoms with Crippen molar-refractivity contribution in [3.63, 3.8) is 0 Å². The molecule has 7 heteroatoms. The molecule has 2 rings (SSSR count). The van der Waals surface area contributed by atoms with E-state index in [1.165, 1.54) is 0 Å². The number of halogens is 2. The zero-order valence-corrected chi connectivity index (χ0v) is 8.22. The first-order valence-electron chi connectivity index (χ1n) is 4.57. The van der Waals surface area contributed by atoms with Crippen molar-refractivity contribution in [1.82, 2.24) is 20.2 Å². The molecular formula is C9H9F2N5. The zero-order chi connectivity index (χ0) is 11.5. The average Bonchev–Trinajstić information content (AvgIpc) is 2.65. The van der Waals surface area contributed by atoms with Gasteiger partial charge in [0, 0.05) is 11.3 Å². The number of benzene rings is 1. The Morgan fingerprint density at radius 3 is 2.88 bits per heavy atom. The van der Waals surface area contributed by atoms with E-state index in [1.54, 1.807) is 24.3 Å². The molecule has 0 radical (unpaired) electrons. The van der Waals surface area contributed by atoms with E-state index in [0.717, 1.165) is 4.68 Å². The first-order chi connectivity index (χ1) is 7.66. The molecule has 0 fully saturated rings. The summed E-state index contributed by atoms with van der Waals surface area (Å²) in [7, 11) is 0. The van der Waals surface area contributed by atoms with Gasteiger partial charge in [0.2, 0.25) is 0 Å². The second-order valence-electron chi connectivity index (χ2n) is 3.20. The van der Waals surface area contributed by atoms with Gasteiger partial charge in [-0.05, 0) is 22.6 Å². The van der Waals surface area contributed by atoms with Crippen LogP contribution in [0.5, 0.6) is 0 Å². The number of hydrogen-bond donors (Lipinski definition) is 1. The topological polar surface area (TPSA) is 69.6 Å². The molecule has 0 saturated carbocycles. The van der Waals surface area contributed by atoms with Gasteiger partial charge in [-0.3, -0.25) is 0 Å². The summed E-state index contributed by atoms with van der Waals surface area (Å²) in [5.74, 6) is 0.285. The maximum Gasteiger partial charge on any atom is 0.258 e. The van der Waals surface area contributed by atoms with Crippen molar-refractivity contribution in [2.75, 3.05) is 5.73 Å². The number of aromatic nitrogens is 4. The van der Waals surface area contributed by atoms with Crippen molar-refractivity contribution in [2.24, 2.45) is 0 Å². The molecule has 0 aliphatic carbocycles. The number of rotatable bonds is 3. The molecule has 0 aliphatic rings. The Morgan fingerprint density at radius 2 is 2.19 bits per heavy atom. The van der Waals surface area contributed by atoms with Gasteiger partial charge in [0.15, 0.2) is 5.82 Å². The van der Waals surface area contributed by atoms with E-state index in [1.807, 2.05) is 0 Å². The quantitative estimate of drug-likeness (QED) is 0.796. The minimum Gasteiger partial charge on any atom is -0.399 e. The molecule has 0 aliphatic heterocycles. The van der Waals surface area contributed by atoms with Gasteiger partial charge in [-0.2, -0.15) is 0 Å². The summed E-state index contributed by atoms with van der Waals surface area (Å²) in [6.45, 7) is -0.531. The fourth-order valence-corrected chi connectivity index (χ4v) is 1.34. The molecule has 84 valence electrons. The number of nitrogens with two attached hydrogens (primary N) is 1. The molecule has 1 aromatic heterocycles. The normalized spacial score (nSPS) is 10.9. The van der Waals surface area contributed by atoms with E-state index in [-0.39, 0.29) is 5.82 Å². The van der Waals surface area contributed by atoms with Gasteiger partial charge in [0.25, 0.3) is 6.43 Å². The molecule has 0 atom stereocenters. The molecule has 0 saturated heterocycles. The number of tetrazole rings is 1. The molecule has 1 heterocycles. The first kappa shape index (κ1) is 10.5. The van der Waals surface area contributed by atoms with Crippen LogP contribution >= 0.6 is 0 Å². The van der Waals surface area contributed by atoms with E-state index in [4.69, 9.17) is 5.73 Å². The molecule has 2 aromatic rings. The third kappa shape index (κ3) is 2.13. The zero-order valence-electron chi connectivity index (χ0n) is 8.22. The highest BCUT2D eigenvalue weighted by atomic mass is 19.3. The number of anilines is 1. The minimum absolute atomic E-state index is 0.285. The average molecular weight is 225 g/mol. The largest absolute Gasteiger partial charge is 0.399 e. The fourth-order valence-electron chi connectivity index (χ4n) is 1.34. The second kappa shape index (κ2) is 4.21. The smallest absolute Gasteiger partial charge is 0.258 e.